The van der Waals surface area contributed by atoms with Gasteiger partial charge in [0, 0.05) is 25.0 Å². The highest BCUT2D eigenvalue weighted by atomic mass is 16.5. The van der Waals surface area contributed by atoms with E-state index in [1.54, 1.807) is 0 Å². The predicted octanol–water partition coefficient (Wildman–Crippen LogP) is 3.48. The molecule has 0 spiro atoms. The summed E-state index contributed by atoms with van der Waals surface area (Å²) in [4.78, 5) is 2.24. The SMILES string of the molecule is Cc1ccc(N(C)CCCOc2ccc(N)cc2)cc1. The van der Waals surface area contributed by atoms with Gasteiger partial charge in [-0.25, -0.2) is 0 Å². The fraction of sp³-hybridized carbons (Fsp3) is 0.294. The quantitative estimate of drug-likeness (QED) is 0.645. The van der Waals surface area contributed by atoms with Crippen molar-refractivity contribution in [3.8, 4) is 5.75 Å². The highest BCUT2D eigenvalue weighted by molar-refractivity contribution is 5.46. The summed E-state index contributed by atoms with van der Waals surface area (Å²) in [6.45, 7) is 3.78. The Morgan fingerprint density at radius 3 is 2.30 bits per heavy atom. The number of anilines is 2. The molecule has 2 N–H and O–H groups in total. The summed E-state index contributed by atoms with van der Waals surface area (Å²) in [6, 6.07) is 16.1. The molecule has 0 unspecified atom stereocenters. The van der Waals surface area contributed by atoms with Gasteiger partial charge >= 0.3 is 0 Å². The first-order valence-electron chi connectivity index (χ1n) is 6.91. The van der Waals surface area contributed by atoms with Gasteiger partial charge in [0.05, 0.1) is 6.61 Å². The van der Waals surface area contributed by atoms with E-state index in [4.69, 9.17) is 10.5 Å². The smallest absolute Gasteiger partial charge is 0.119 e. The summed E-state index contributed by atoms with van der Waals surface area (Å²) in [5, 5.41) is 0. The molecule has 20 heavy (non-hydrogen) atoms. The predicted molar refractivity (Wildman–Crippen MR) is 85.4 cm³/mol. The van der Waals surface area contributed by atoms with Gasteiger partial charge in [0.15, 0.2) is 0 Å². The summed E-state index contributed by atoms with van der Waals surface area (Å²) >= 11 is 0. The highest BCUT2D eigenvalue weighted by Crippen LogP contribution is 2.15. The number of nitrogens with zero attached hydrogens (tertiary/aromatic N) is 1. The summed E-state index contributed by atoms with van der Waals surface area (Å²) < 4.78 is 5.68. The average Bonchev–Trinajstić information content (AvgIpc) is 2.46. The minimum absolute atomic E-state index is 0.708. The number of ether oxygens (including phenoxy) is 1. The van der Waals surface area contributed by atoms with Gasteiger partial charge in [-0.1, -0.05) is 17.7 Å². The summed E-state index contributed by atoms with van der Waals surface area (Å²) in [6.07, 6.45) is 0.981. The van der Waals surface area contributed by atoms with Crippen LogP contribution in [0.25, 0.3) is 0 Å². The van der Waals surface area contributed by atoms with Crippen molar-refractivity contribution < 1.29 is 4.74 Å². The number of hydrogen-bond acceptors (Lipinski definition) is 3. The Balaban J connectivity index is 1.72. The van der Waals surface area contributed by atoms with Crippen LogP contribution in [0, 0.1) is 6.92 Å². The second-order valence-corrected chi connectivity index (χ2v) is 5.03. The maximum atomic E-state index is 5.68. The Labute approximate surface area is 121 Å². The maximum absolute atomic E-state index is 5.68. The Hall–Kier alpha value is -2.16. The van der Waals surface area contributed by atoms with Gasteiger partial charge in [-0.3, -0.25) is 0 Å². The summed E-state index contributed by atoms with van der Waals surface area (Å²) in [5.74, 6) is 0.872. The Kier molecular flexibility index (Phi) is 4.88. The maximum Gasteiger partial charge on any atom is 0.119 e. The van der Waals surface area contributed by atoms with Crippen LogP contribution in [-0.2, 0) is 0 Å². The average molecular weight is 270 g/mol. The van der Waals surface area contributed by atoms with Crippen LogP contribution in [0.2, 0.25) is 0 Å². The largest absolute Gasteiger partial charge is 0.494 e. The van der Waals surface area contributed by atoms with Crippen molar-refractivity contribution in [1.82, 2.24) is 0 Å². The molecule has 0 aliphatic rings. The molecule has 3 heteroatoms. The molecule has 0 aliphatic carbocycles. The molecule has 0 saturated carbocycles. The van der Waals surface area contributed by atoms with Crippen molar-refractivity contribution in [3.05, 3.63) is 54.1 Å². The topological polar surface area (TPSA) is 38.5 Å². The van der Waals surface area contributed by atoms with Crippen LogP contribution >= 0.6 is 0 Å². The molecule has 0 amide bonds. The van der Waals surface area contributed by atoms with E-state index < -0.39 is 0 Å². The molecule has 0 fully saturated rings. The van der Waals surface area contributed by atoms with Crippen LogP contribution < -0.4 is 15.4 Å². The molecule has 106 valence electrons. The van der Waals surface area contributed by atoms with E-state index >= 15 is 0 Å². The van der Waals surface area contributed by atoms with E-state index in [-0.39, 0.29) is 0 Å². The lowest BCUT2D eigenvalue weighted by Crippen LogP contribution is -2.20. The van der Waals surface area contributed by atoms with E-state index in [0.717, 1.165) is 24.4 Å². The normalized spacial score (nSPS) is 10.3. The second-order valence-electron chi connectivity index (χ2n) is 5.03. The van der Waals surface area contributed by atoms with Crippen molar-refractivity contribution in [2.24, 2.45) is 0 Å². The lowest BCUT2D eigenvalue weighted by Gasteiger charge is -2.19. The molecular weight excluding hydrogens is 248 g/mol. The van der Waals surface area contributed by atoms with Crippen molar-refractivity contribution >= 4 is 11.4 Å². The van der Waals surface area contributed by atoms with E-state index in [0.29, 0.717) is 6.61 Å². The molecule has 0 heterocycles. The zero-order valence-corrected chi connectivity index (χ0v) is 12.2. The molecule has 0 saturated heterocycles. The summed E-state index contributed by atoms with van der Waals surface area (Å²) in [7, 11) is 2.11. The van der Waals surface area contributed by atoms with Gasteiger partial charge in [0.1, 0.15) is 5.75 Å². The monoisotopic (exact) mass is 270 g/mol. The van der Waals surface area contributed by atoms with Crippen molar-refractivity contribution in [1.29, 1.82) is 0 Å². The lowest BCUT2D eigenvalue weighted by molar-refractivity contribution is 0.312. The number of nitrogen functional groups attached to an aromatic ring is 1. The number of aryl methyl sites for hydroxylation is 1. The molecule has 0 radical (unpaired) electrons. The fourth-order valence-corrected chi connectivity index (χ4v) is 1.98. The first-order valence-corrected chi connectivity index (χ1v) is 6.91. The molecule has 2 aromatic carbocycles. The van der Waals surface area contributed by atoms with Crippen molar-refractivity contribution in [3.63, 3.8) is 0 Å². The first kappa shape index (κ1) is 14.3. The number of rotatable bonds is 6. The first-order chi connectivity index (χ1) is 9.65. The highest BCUT2D eigenvalue weighted by Gasteiger charge is 2.00. The molecule has 0 aliphatic heterocycles. The van der Waals surface area contributed by atoms with Crippen LogP contribution in [0.4, 0.5) is 11.4 Å². The van der Waals surface area contributed by atoms with Crippen molar-refractivity contribution in [2.75, 3.05) is 30.8 Å². The van der Waals surface area contributed by atoms with E-state index in [2.05, 4.69) is 43.1 Å². The van der Waals surface area contributed by atoms with Gasteiger partial charge < -0.3 is 15.4 Å². The third-order valence-electron chi connectivity index (χ3n) is 3.26. The summed E-state index contributed by atoms with van der Waals surface area (Å²) in [5.41, 5.74) is 8.92. The third kappa shape index (κ3) is 4.19. The number of hydrogen-bond donors (Lipinski definition) is 1. The van der Waals surface area contributed by atoms with E-state index in [1.807, 2.05) is 24.3 Å². The number of benzene rings is 2. The van der Waals surface area contributed by atoms with Gasteiger partial charge in [-0.05, 0) is 49.7 Å². The van der Waals surface area contributed by atoms with Crippen molar-refractivity contribution in [2.45, 2.75) is 13.3 Å². The molecule has 3 nitrogen and oxygen atoms in total. The number of nitrogens with two attached hydrogens (primary N) is 1. The van der Waals surface area contributed by atoms with E-state index in [9.17, 15) is 0 Å². The van der Waals surface area contributed by atoms with Crippen LogP contribution in [0.1, 0.15) is 12.0 Å². The van der Waals surface area contributed by atoms with Crippen LogP contribution in [0.3, 0.4) is 0 Å². The zero-order valence-electron chi connectivity index (χ0n) is 12.2. The Bertz CT molecular complexity index is 520. The molecule has 0 atom stereocenters. The standard InChI is InChI=1S/C17H22N2O/c1-14-4-8-16(9-5-14)19(2)12-3-13-20-17-10-6-15(18)7-11-17/h4-11H,3,12-13,18H2,1-2H3. The molecular formula is C17H22N2O. The van der Waals surface area contributed by atoms with Gasteiger partial charge in [0.25, 0.3) is 0 Å². The minimum atomic E-state index is 0.708. The molecule has 0 bridgehead atoms. The van der Waals surface area contributed by atoms with Crippen LogP contribution in [0.15, 0.2) is 48.5 Å². The third-order valence-corrected chi connectivity index (χ3v) is 3.26. The molecule has 2 aromatic rings. The minimum Gasteiger partial charge on any atom is -0.494 e. The van der Waals surface area contributed by atoms with Crippen LogP contribution in [-0.4, -0.2) is 20.2 Å². The van der Waals surface area contributed by atoms with Gasteiger partial charge in [-0.2, -0.15) is 0 Å². The van der Waals surface area contributed by atoms with Gasteiger partial charge in [-0.15, -0.1) is 0 Å². The van der Waals surface area contributed by atoms with Crippen LogP contribution in [0.5, 0.6) is 5.75 Å². The fourth-order valence-electron chi connectivity index (χ4n) is 1.98. The Morgan fingerprint density at radius 2 is 1.65 bits per heavy atom. The lowest BCUT2D eigenvalue weighted by atomic mass is 10.2. The van der Waals surface area contributed by atoms with Gasteiger partial charge in [0.2, 0.25) is 0 Å². The molecule has 0 aromatic heterocycles. The van der Waals surface area contributed by atoms with E-state index in [1.165, 1.54) is 11.3 Å². The second kappa shape index (κ2) is 6.85. The zero-order chi connectivity index (χ0) is 14.4. The Morgan fingerprint density at radius 1 is 1.00 bits per heavy atom. The molecule has 2 rings (SSSR count).